The molecule has 1 aliphatic carbocycles. The summed E-state index contributed by atoms with van der Waals surface area (Å²) >= 11 is 0. The predicted octanol–water partition coefficient (Wildman–Crippen LogP) is 11.9. The first-order valence-electron chi connectivity index (χ1n) is 41.3. The standard InChI is InChI=1S/C84H136F3N11O14/c1-17-20-45-83(19-3,60-36-28-22-21-23-29-37-60)62-49-67(99)98(79(62)106)47-31-25-30-40-66(84(85,86)87)93-69(52(4)5)77(104)92-63(38-32-46-89-81(88)108)76(103)91-61-43-41-58(42-44-61)51-112-82(109)96(14)71(54(8)9)78(105)94-70(53(6)7)80(107)95(13)72(55(10)18-2)65(110-15)50-68(100)97-48-33-39-64(97)74(111-16)56(11)75(102)90-57(12)73(101)59-34-26-24-27-35-59/h24,26-27,34-35,41-44,52-57,60,62-66,69-74,93,101H,17-23,25,28-33,36-40,45-51H2,1-16H3,(H,90,102)(H,91,103)(H,92,104)(H,94,105)(H3,88,89,108)/t55-,56+,57+,62?,63-,64-,65+,66-,69-,70-,71-,72-,73+,74+,83?/m0/s1. The quantitative estimate of drug-likeness (QED) is 0.0226. The number of aliphatic hydroxyl groups is 1. The van der Waals surface area contributed by atoms with Crippen LogP contribution in [0.5, 0.6) is 0 Å². The Morgan fingerprint density at radius 2 is 1.34 bits per heavy atom. The maximum absolute atomic E-state index is 14.9. The predicted molar refractivity (Wildman–Crippen MR) is 425 cm³/mol. The maximum Gasteiger partial charge on any atom is 0.410 e. The third-order valence-corrected chi connectivity index (χ3v) is 23.9. The van der Waals surface area contributed by atoms with E-state index in [4.69, 9.17) is 19.9 Å². The van der Waals surface area contributed by atoms with Gasteiger partial charge in [0.2, 0.25) is 47.3 Å². The van der Waals surface area contributed by atoms with Crippen molar-refractivity contribution in [2.45, 2.75) is 304 Å². The van der Waals surface area contributed by atoms with Crippen molar-refractivity contribution in [3.8, 4) is 0 Å². The molecule has 11 amide bonds. The Kier molecular flexibility index (Phi) is 39.3. The second-order valence-corrected chi connectivity index (χ2v) is 32.7. The molecule has 25 nitrogen and oxygen atoms in total. The van der Waals surface area contributed by atoms with E-state index in [9.17, 15) is 66.2 Å². The summed E-state index contributed by atoms with van der Waals surface area (Å²) in [6.45, 7) is 22.2. The molecule has 28 heteroatoms. The highest BCUT2D eigenvalue weighted by molar-refractivity contribution is 6.04. The number of likely N-dealkylation sites (N-methyl/N-ethyl adjacent to an activating group) is 2. The molecule has 0 spiro atoms. The summed E-state index contributed by atoms with van der Waals surface area (Å²) in [7, 11) is 6.03. The van der Waals surface area contributed by atoms with Crippen molar-refractivity contribution in [3.63, 3.8) is 0 Å². The maximum atomic E-state index is 14.9. The van der Waals surface area contributed by atoms with Gasteiger partial charge in [0.25, 0.3) is 0 Å². The molecule has 2 heterocycles. The number of aliphatic hydroxyl groups excluding tert-OH is 1. The molecule has 112 heavy (non-hydrogen) atoms. The summed E-state index contributed by atoms with van der Waals surface area (Å²) in [5.41, 5.74) is 6.39. The van der Waals surface area contributed by atoms with Gasteiger partial charge in [-0.15, -0.1) is 0 Å². The van der Waals surface area contributed by atoms with Crippen molar-refractivity contribution in [2.24, 2.45) is 52.6 Å². The molecule has 2 aromatic carbocycles. The number of nitrogens with two attached hydrogens (primary N) is 1. The molecule has 1 saturated carbocycles. The minimum Gasteiger partial charge on any atom is -0.445 e. The van der Waals surface area contributed by atoms with Gasteiger partial charge in [0.15, 0.2) is 0 Å². The first-order valence-corrected chi connectivity index (χ1v) is 41.3. The van der Waals surface area contributed by atoms with Crippen LogP contribution in [-0.2, 0) is 59.2 Å². The summed E-state index contributed by atoms with van der Waals surface area (Å²) in [4.78, 5) is 145. The highest BCUT2D eigenvalue weighted by Gasteiger charge is 2.53. The van der Waals surface area contributed by atoms with E-state index in [2.05, 4.69) is 45.7 Å². The van der Waals surface area contributed by atoms with Crippen molar-refractivity contribution >= 4 is 65.1 Å². The Labute approximate surface area is 664 Å². The summed E-state index contributed by atoms with van der Waals surface area (Å²) < 4.78 is 62.6. The molecule has 2 aromatic rings. The Morgan fingerprint density at radius 3 is 1.91 bits per heavy atom. The van der Waals surface area contributed by atoms with Gasteiger partial charge >= 0.3 is 18.3 Å². The molecule has 0 bridgehead atoms. The van der Waals surface area contributed by atoms with Crippen LogP contribution >= 0.6 is 0 Å². The van der Waals surface area contributed by atoms with Crippen molar-refractivity contribution in [3.05, 3.63) is 65.7 Å². The van der Waals surface area contributed by atoms with Gasteiger partial charge in [0, 0.05) is 60.1 Å². The van der Waals surface area contributed by atoms with Crippen LogP contribution in [-0.4, -0.2) is 199 Å². The van der Waals surface area contributed by atoms with Crippen molar-refractivity contribution in [1.82, 2.24) is 46.2 Å². The van der Waals surface area contributed by atoms with Gasteiger partial charge in [-0.2, -0.15) is 13.2 Å². The first kappa shape index (κ1) is 95.2. The van der Waals surface area contributed by atoms with E-state index in [1.54, 1.807) is 91.6 Å². The molecule has 2 aliphatic heterocycles. The van der Waals surface area contributed by atoms with Crippen LogP contribution in [0.2, 0.25) is 0 Å². The average Bonchev–Trinajstić information content (AvgIpc) is 1.57. The number of nitrogens with one attached hydrogen (secondary N) is 6. The van der Waals surface area contributed by atoms with Crippen LogP contribution in [0.15, 0.2) is 54.6 Å². The Balaban J connectivity index is 1.18. The third-order valence-electron chi connectivity index (χ3n) is 23.9. The van der Waals surface area contributed by atoms with E-state index in [1.807, 2.05) is 32.0 Å². The van der Waals surface area contributed by atoms with Gasteiger partial charge in [0.1, 0.15) is 30.8 Å². The fourth-order valence-electron chi connectivity index (χ4n) is 17.1. The average molecular weight is 1580 g/mol. The molecule has 5 rings (SSSR count). The number of unbranched alkanes of at least 4 members (excludes halogenated alkanes) is 3. The number of methoxy groups -OCH3 is 2. The van der Waals surface area contributed by atoms with Crippen LogP contribution in [0.25, 0.3) is 0 Å². The van der Waals surface area contributed by atoms with Crippen LogP contribution in [0.4, 0.5) is 28.4 Å². The van der Waals surface area contributed by atoms with Gasteiger partial charge in [-0.05, 0) is 129 Å². The highest BCUT2D eigenvalue weighted by atomic mass is 19.4. The molecule has 2 unspecified atom stereocenters. The number of carbonyl (C=O) groups excluding carboxylic acids is 10. The number of hydrogen-bond acceptors (Lipinski definition) is 15. The van der Waals surface area contributed by atoms with E-state index in [0.29, 0.717) is 55.7 Å². The number of amides is 11. The van der Waals surface area contributed by atoms with Crippen LogP contribution in [0.1, 0.15) is 242 Å². The van der Waals surface area contributed by atoms with Gasteiger partial charge in [-0.25, -0.2) is 9.59 Å². The number of anilines is 1. The number of halogens is 3. The van der Waals surface area contributed by atoms with Crippen LogP contribution < -0.4 is 37.6 Å². The zero-order valence-corrected chi connectivity index (χ0v) is 69.7. The molecule has 0 aromatic heterocycles. The summed E-state index contributed by atoms with van der Waals surface area (Å²) in [5.74, 6) is -6.17. The van der Waals surface area contributed by atoms with Crippen LogP contribution in [0, 0.1) is 46.8 Å². The molecule has 15 atom stereocenters. The summed E-state index contributed by atoms with van der Waals surface area (Å²) in [5, 5.41) is 27.2. The minimum absolute atomic E-state index is 0.0208. The summed E-state index contributed by atoms with van der Waals surface area (Å²) in [6, 6.07) is 5.62. The number of urea groups is 1. The number of imide groups is 1. The topological polar surface area (TPSA) is 330 Å². The monoisotopic (exact) mass is 1580 g/mol. The van der Waals surface area contributed by atoms with E-state index in [0.717, 1.165) is 56.3 Å². The van der Waals surface area contributed by atoms with Crippen molar-refractivity contribution in [2.75, 3.05) is 53.3 Å². The molecule has 0 radical (unpaired) electrons. The number of carbonyl (C=O) groups is 10. The number of ether oxygens (including phenoxy) is 3. The second-order valence-electron chi connectivity index (χ2n) is 32.7. The fourth-order valence-corrected chi connectivity index (χ4v) is 17.1. The molecular formula is C84H136F3N11O14. The normalized spacial score (nSPS) is 19.7. The smallest absolute Gasteiger partial charge is 0.410 e. The zero-order chi connectivity index (χ0) is 83.3. The number of alkyl halides is 3. The third kappa shape index (κ3) is 26.8. The van der Waals surface area contributed by atoms with Gasteiger partial charge in [-0.3, -0.25) is 53.5 Å². The molecule has 632 valence electrons. The lowest BCUT2D eigenvalue weighted by molar-refractivity contribution is -0.161. The van der Waals surface area contributed by atoms with E-state index >= 15 is 0 Å². The summed E-state index contributed by atoms with van der Waals surface area (Å²) in [6.07, 6.45) is 5.73. The lowest BCUT2D eigenvalue weighted by atomic mass is 9.58. The molecule has 3 fully saturated rings. The lowest BCUT2D eigenvalue weighted by Gasteiger charge is -2.45. The van der Waals surface area contributed by atoms with Crippen molar-refractivity contribution in [1.29, 1.82) is 0 Å². The number of hydrogen-bond donors (Lipinski definition) is 8. The van der Waals surface area contributed by atoms with Gasteiger partial charge in [0.05, 0.1) is 60.7 Å². The lowest BCUT2D eigenvalue weighted by Crippen LogP contribution is -2.60. The SMILES string of the molecule is CCCCC(CC)(C1CCCCCCC1)C1CC(=O)N(CCCCC[C@H](N[C@H](C(=O)N[C@@H](CCCNC(N)=O)C(=O)Nc2ccc(COC(=O)N(C)[C@H](C(=O)N[C@H](C(=O)N(C)[C@@H]([C@@H](C)CC)[C@@H](CC(=O)N3CCC[C@H]3[C@H](OC)[C@@H](C)C(=O)N[C@H](C)[C@@H](O)c3ccccc3)OC)C(C)C)C(C)C)cc2)C(C)C)C(F)(F)F)C1=O. The number of benzene rings is 2. The van der Waals surface area contributed by atoms with Gasteiger partial charge in [-0.1, -0.05) is 183 Å². The number of rotatable bonds is 45. The van der Waals surface area contributed by atoms with Crippen molar-refractivity contribution < 1.29 is 80.4 Å². The Morgan fingerprint density at radius 1 is 0.696 bits per heavy atom. The largest absolute Gasteiger partial charge is 0.445 e. The van der Waals surface area contributed by atoms with Gasteiger partial charge < -0.3 is 61.4 Å². The molecule has 9 N–H and O–H groups in total. The minimum atomic E-state index is -4.77. The first-order chi connectivity index (χ1) is 53.0. The van der Waals surface area contributed by atoms with E-state index in [1.165, 1.54) is 62.5 Å². The zero-order valence-electron chi connectivity index (χ0n) is 69.7. The number of nitrogens with zero attached hydrogens (tertiary/aromatic N) is 4. The second kappa shape index (κ2) is 46.2. The fraction of sp³-hybridized carbons (Fsp3) is 0.738. The molecular weight excluding hydrogens is 1440 g/mol. The number of primary amides is 1. The molecule has 2 saturated heterocycles. The van der Waals surface area contributed by atoms with E-state index < -0.39 is 145 Å². The Bertz CT molecular complexity index is 3310. The molecule has 3 aliphatic rings. The van der Waals surface area contributed by atoms with E-state index in [-0.39, 0.29) is 92.4 Å². The highest BCUT2D eigenvalue weighted by Crippen LogP contribution is 2.52. The van der Waals surface area contributed by atoms with Crippen LogP contribution in [0.3, 0.4) is 0 Å². The Hall–Kier alpha value is -7.43. The number of likely N-dealkylation sites (tertiary alicyclic amines) is 2.